The molecule has 7 aliphatic rings. The van der Waals surface area contributed by atoms with E-state index in [0.717, 1.165) is 44.4 Å². The van der Waals surface area contributed by atoms with Crippen molar-refractivity contribution >= 4 is 77.5 Å². The molecular formula is C32H14B2N5O5S2+3. The van der Waals surface area contributed by atoms with Gasteiger partial charge in [0.1, 0.15) is 0 Å². The molecule has 0 radical (unpaired) electrons. The summed E-state index contributed by atoms with van der Waals surface area (Å²) < 4.78 is 68.5. The normalized spacial score (nSPS) is 19.0. The Morgan fingerprint density at radius 1 is 0.565 bits per heavy atom. The van der Waals surface area contributed by atoms with E-state index in [1.807, 2.05) is 48.8 Å². The number of sulfone groups is 2. The predicted octanol–water partition coefficient (Wildman–Crippen LogP) is -1.36. The molecule has 2 aromatic carbocycles. The van der Waals surface area contributed by atoms with Gasteiger partial charge in [-0.1, -0.05) is 24.3 Å². The number of hydrogen-bond acceptors (Lipinski definition) is 7. The number of hydrogen-bond donors (Lipinski definition) is 0. The molecule has 4 aromatic heterocycles. The van der Waals surface area contributed by atoms with Gasteiger partial charge in [-0.15, -0.1) is 0 Å². The number of benzene rings is 2. The molecule has 0 N–H and O–H groups in total. The third kappa shape index (κ3) is 1.95. The fourth-order valence-corrected chi connectivity index (χ4v) is 13.1. The maximum Gasteiger partial charge on any atom is 0.346 e. The number of aromatic nitrogens is 4. The molecule has 46 heavy (non-hydrogen) atoms. The smallest absolute Gasteiger partial charge is 0.346 e. The van der Waals surface area contributed by atoms with E-state index in [2.05, 4.69) is 19.3 Å². The van der Waals surface area contributed by atoms with Crippen LogP contribution in [0, 0.1) is 0 Å². The van der Waals surface area contributed by atoms with Crippen molar-refractivity contribution in [3.8, 4) is 34.0 Å². The first-order chi connectivity index (χ1) is 22.4. The van der Waals surface area contributed by atoms with Crippen LogP contribution in [-0.2, 0) is 19.7 Å². The van der Waals surface area contributed by atoms with E-state index in [1.165, 1.54) is 12.4 Å². The van der Waals surface area contributed by atoms with Crippen LogP contribution in [0.1, 0.15) is 0 Å². The van der Waals surface area contributed by atoms with Crippen molar-refractivity contribution in [1.82, 2.24) is 14.7 Å². The van der Waals surface area contributed by atoms with Crippen LogP contribution in [0.4, 0.5) is 11.4 Å². The fourth-order valence-electron chi connectivity index (χ4n) is 9.69. The Morgan fingerprint density at radius 3 is 1.50 bits per heavy atom. The zero-order chi connectivity index (χ0) is 30.2. The number of ether oxygens (including phenoxy) is 1. The third-order valence-corrected chi connectivity index (χ3v) is 14.8. The Hall–Kier alpha value is -5.17. The van der Waals surface area contributed by atoms with E-state index in [1.54, 1.807) is 24.3 Å². The van der Waals surface area contributed by atoms with Crippen LogP contribution in [-0.4, -0.2) is 40.2 Å². The van der Waals surface area contributed by atoms with E-state index in [0.29, 0.717) is 22.3 Å². The SMILES string of the molecule is O=S1(=O)c2cccc3c2B2c4c1cnc1c4[N+]4(c5c(ncc6c5B5c7c(cccc7S6(=O)=O)-c6ccc[n+]4c65)O1)[n+]1cccc-3c12. The molecule has 14 heteroatoms. The first-order valence-corrected chi connectivity index (χ1v) is 17.8. The van der Waals surface area contributed by atoms with Crippen LogP contribution >= 0.6 is 0 Å². The van der Waals surface area contributed by atoms with Crippen molar-refractivity contribution in [3.63, 3.8) is 0 Å². The molecule has 0 amide bonds. The van der Waals surface area contributed by atoms with Gasteiger partial charge in [-0.3, -0.25) is 0 Å². The van der Waals surface area contributed by atoms with Crippen LogP contribution in [0.25, 0.3) is 22.3 Å². The van der Waals surface area contributed by atoms with Gasteiger partial charge in [-0.05, 0) is 46.3 Å². The Morgan fingerprint density at radius 2 is 1.02 bits per heavy atom. The lowest BCUT2D eigenvalue weighted by atomic mass is 9.38. The third-order valence-electron chi connectivity index (χ3n) is 11.1. The lowest BCUT2D eigenvalue weighted by Gasteiger charge is -2.39. The highest BCUT2D eigenvalue weighted by Gasteiger charge is 2.77. The summed E-state index contributed by atoms with van der Waals surface area (Å²) in [7, 11) is -7.92. The van der Waals surface area contributed by atoms with Crippen LogP contribution in [0.5, 0.6) is 11.8 Å². The van der Waals surface area contributed by atoms with Crippen molar-refractivity contribution in [2.75, 3.05) is 0 Å². The molecule has 0 atom stereocenters. The fraction of sp³-hybridized carbons (Fsp3) is 0. The molecule has 13 rings (SSSR count). The average Bonchev–Trinajstić information content (AvgIpc) is 3.59. The summed E-state index contributed by atoms with van der Waals surface area (Å²) in [5, 5.41) is 0. The van der Waals surface area contributed by atoms with Gasteiger partial charge in [0.05, 0.1) is 19.6 Å². The molecular weight excluding hydrogens is 620 g/mol. The van der Waals surface area contributed by atoms with Gasteiger partial charge in [0.2, 0.25) is 43.3 Å². The Balaban J connectivity index is 1.34. The topological polar surface area (TPSA) is 111 Å². The van der Waals surface area contributed by atoms with Crippen LogP contribution in [0.15, 0.2) is 105 Å². The zero-order valence-corrected chi connectivity index (χ0v) is 25.0. The first-order valence-electron chi connectivity index (χ1n) is 14.9. The molecule has 0 aliphatic carbocycles. The van der Waals surface area contributed by atoms with Gasteiger partial charge >= 0.3 is 24.8 Å². The molecule has 10 nitrogen and oxygen atoms in total. The minimum Gasteiger partial charge on any atom is -0.409 e. The van der Waals surface area contributed by atoms with Gasteiger partial charge in [0.15, 0.2) is 4.70 Å². The molecule has 0 saturated heterocycles. The Labute approximate surface area is 261 Å². The van der Waals surface area contributed by atoms with Crippen LogP contribution in [0.2, 0.25) is 0 Å². The summed E-state index contributed by atoms with van der Waals surface area (Å²) in [6.45, 7) is -0.775. The minimum absolute atomic E-state index is 0.139. The second-order valence-corrected chi connectivity index (χ2v) is 16.5. The predicted molar refractivity (Wildman–Crippen MR) is 165 cm³/mol. The summed E-state index contributed by atoms with van der Waals surface area (Å²) in [6.07, 6.45) is 6.82. The lowest BCUT2D eigenvalue weighted by molar-refractivity contribution is -1.03. The van der Waals surface area contributed by atoms with Crippen molar-refractivity contribution < 1.29 is 30.9 Å². The molecule has 1 spiro atoms. The molecule has 0 saturated carbocycles. The quantitative estimate of drug-likeness (QED) is 0.115. The first kappa shape index (κ1) is 23.2. The van der Waals surface area contributed by atoms with Gasteiger partial charge in [-0.2, -0.15) is 0 Å². The highest BCUT2D eigenvalue weighted by atomic mass is 32.2. The molecule has 0 fully saturated rings. The molecule has 11 heterocycles. The molecule has 6 aromatic rings. The summed E-state index contributed by atoms with van der Waals surface area (Å²) in [5.74, 6) is 0.479. The summed E-state index contributed by atoms with van der Waals surface area (Å²) in [5.41, 5.74) is 9.28. The van der Waals surface area contributed by atoms with E-state index in [9.17, 15) is 16.8 Å². The number of nitrogens with zero attached hydrogens (tertiary/aromatic N) is 5. The van der Waals surface area contributed by atoms with Crippen molar-refractivity contribution in [2.45, 2.75) is 19.6 Å². The van der Waals surface area contributed by atoms with Crippen LogP contribution in [0.3, 0.4) is 0 Å². The summed E-state index contributed by atoms with van der Waals surface area (Å²) in [6, 6.07) is 18.9. The van der Waals surface area contributed by atoms with E-state index in [4.69, 9.17) is 4.74 Å². The highest BCUT2D eigenvalue weighted by molar-refractivity contribution is 7.92. The van der Waals surface area contributed by atoms with Gasteiger partial charge in [-0.25, -0.2) is 26.8 Å². The summed E-state index contributed by atoms with van der Waals surface area (Å²) >= 11 is 0. The largest absolute Gasteiger partial charge is 0.409 e. The monoisotopic (exact) mass is 634 g/mol. The average molecular weight is 634 g/mol. The van der Waals surface area contributed by atoms with Crippen molar-refractivity contribution in [1.29, 1.82) is 0 Å². The van der Waals surface area contributed by atoms with Crippen molar-refractivity contribution in [2.24, 2.45) is 0 Å². The second kappa shape index (κ2) is 6.54. The van der Waals surface area contributed by atoms with Gasteiger partial charge in [0.25, 0.3) is 11.8 Å². The second-order valence-electron chi connectivity index (χ2n) is 12.7. The van der Waals surface area contributed by atoms with Gasteiger partial charge < -0.3 is 4.74 Å². The zero-order valence-electron chi connectivity index (χ0n) is 23.3. The molecule has 0 unspecified atom stereocenters. The lowest BCUT2D eigenvalue weighted by Crippen LogP contribution is -2.99. The summed E-state index contributed by atoms with van der Waals surface area (Å²) in [4.78, 5) is 10.2. The van der Waals surface area contributed by atoms with Crippen molar-refractivity contribution in [3.05, 3.63) is 85.5 Å². The standard InChI is InChI=1S/C32H14B2N5O5S2/c40-45(41)19-9-1-5-15-17-7-3-11-37-29(17)33(23(15)19)25-21(45)13-35-31-27(25)39(37)28-26-22(14-36-32(28)44-31)46(42,43)20-10-2-6-16-18-8-4-12-38(39)30(18)34(26)24(16)20/h1-14H/q+3. The molecule has 212 valence electrons. The molecule has 7 aliphatic heterocycles. The molecule has 0 bridgehead atoms. The Bertz CT molecular complexity index is 2720. The number of rotatable bonds is 0. The minimum atomic E-state index is -3.96. The van der Waals surface area contributed by atoms with Gasteiger partial charge in [0, 0.05) is 55.9 Å². The number of quaternary nitrogens is 1. The van der Waals surface area contributed by atoms with E-state index < -0.39 is 19.7 Å². The van der Waals surface area contributed by atoms with Crippen LogP contribution < -0.4 is 51.8 Å². The Kier molecular flexibility index (Phi) is 3.30. The maximum absolute atomic E-state index is 14.5. The van der Waals surface area contributed by atoms with E-state index >= 15 is 0 Å². The highest BCUT2D eigenvalue weighted by Crippen LogP contribution is 2.52. The maximum atomic E-state index is 14.5. The number of pyridine rings is 4. The van der Waals surface area contributed by atoms with E-state index in [-0.39, 0.29) is 49.5 Å². The number of fused-ring (bicyclic) bond motifs is 2.